The van der Waals surface area contributed by atoms with Gasteiger partial charge in [-0.05, 0) is 18.9 Å². The molecule has 1 fully saturated rings. The molecule has 0 bridgehead atoms. The second-order valence-corrected chi connectivity index (χ2v) is 4.10. The Labute approximate surface area is 82.7 Å². The highest BCUT2D eigenvalue weighted by Crippen LogP contribution is 2.45. The molecule has 1 nitrogen and oxygen atoms in total. The van der Waals surface area contributed by atoms with Gasteiger partial charge in [0.05, 0.1) is 0 Å². The quantitative estimate of drug-likeness (QED) is 0.523. The molecule has 2 atom stereocenters. The molecule has 0 heterocycles. The summed E-state index contributed by atoms with van der Waals surface area (Å²) < 4.78 is 0. The van der Waals surface area contributed by atoms with E-state index in [2.05, 4.69) is 0 Å². The summed E-state index contributed by atoms with van der Waals surface area (Å²) in [7, 11) is 0. The van der Waals surface area contributed by atoms with Gasteiger partial charge in [-0.2, -0.15) is 0 Å². The highest BCUT2D eigenvalue weighted by Gasteiger charge is 2.36. The Kier molecular flexibility index (Phi) is 2.12. The molecule has 0 N–H and O–H groups in total. The van der Waals surface area contributed by atoms with Gasteiger partial charge in [0.25, 0.3) is 0 Å². The number of hydrogen-bond donors (Lipinski definition) is 0. The molecule has 0 unspecified atom stereocenters. The maximum atomic E-state index is 11.0. The fourth-order valence-electron chi connectivity index (χ4n) is 1.47. The minimum atomic E-state index is 0.116. The van der Waals surface area contributed by atoms with Crippen LogP contribution in [-0.2, 0) is 0 Å². The van der Waals surface area contributed by atoms with Gasteiger partial charge in [-0.15, -0.1) is 11.6 Å². The number of alkyl halides is 1. The fourth-order valence-corrected chi connectivity index (χ4v) is 1.81. The largest absolute Gasteiger partial charge is 0.295 e. The minimum absolute atomic E-state index is 0.116. The van der Waals surface area contributed by atoms with Crippen LogP contribution in [0.5, 0.6) is 0 Å². The summed E-state index contributed by atoms with van der Waals surface area (Å²) in [6.07, 6.45) is 1.07. The smallest absolute Gasteiger partial charge is 0.159 e. The van der Waals surface area contributed by atoms with Crippen molar-refractivity contribution in [2.24, 2.45) is 0 Å². The first-order valence-corrected chi connectivity index (χ1v) is 4.87. The van der Waals surface area contributed by atoms with Crippen molar-refractivity contribution in [2.45, 2.75) is 24.6 Å². The van der Waals surface area contributed by atoms with Gasteiger partial charge in [-0.1, -0.05) is 24.3 Å². The lowest BCUT2D eigenvalue weighted by Crippen LogP contribution is -1.91. The molecule has 68 valence electrons. The molecule has 1 saturated carbocycles. The zero-order valence-electron chi connectivity index (χ0n) is 7.46. The van der Waals surface area contributed by atoms with Crippen molar-refractivity contribution in [1.82, 2.24) is 0 Å². The summed E-state index contributed by atoms with van der Waals surface area (Å²) in [5, 5.41) is 0.308. The van der Waals surface area contributed by atoms with E-state index in [0.29, 0.717) is 11.3 Å². The lowest BCUT2D eigenvalue weighted by molar-refractivity contribution is 0.101. The Balaban J connectivity index is 2.19. The van der Waals surface area contributed by atoms with Crippen molar-refractivity contribution in [3.63, 3.8) is 0 Å². The molecule has 0 aliphatic heterocycles. The Morgan fingerprint density at radius 2 is 1.92 bits per heavy atom. The number of Topliss-reactive ketones (excluding diaryl/α,β-unsaturated/α-hetero) is 1. The normalized spacial score (nSPS) is 25.7. The van der Waals surface area contributed by atoms with Crippen LogP contribution in [0.1, 0.15) is 35.2 Å². The third-order valence-electron chi connectivity index (χ3n) is 2.46. The van der Waals surface area contributed by atoms with E-state index < -0.39 is 0 Å². The third-order valence-corrected chi connectivity index (χ3v) is 2.94. The lowest BCUT2D eigenvalue weighted by atomic mass is 10.1. The highest BCUT2D eigenvalue weighted by atomic mass is 35.5. The molecule has 0 aromatic heterocycles. The molecule has 2 rings (SSSR count). The van der Waals surface area contributed by atoms with Gasteiger partial charge in [0.15, 0.2) is 5.78 Å². The zero-order valence-corrected chi connectivity index (χ0v) is 8.21. The number of halogens is 1. The monoisotopic (exact) mass is 194 g/mol. The van der Waals surface area contributed by atoms with Crippen LogP contribution in [0.15, 0.2) is 24.3 Å². The number of rotatable bonds is 2. The topological polar surface area (TPSA) is 17.1 Å². The van der Waals surface area contributed by atoms with Gasteiger partial charge in [-0.3, -0.25) is 4.79 Å². The Morgan fingerprint density at radius 1 is 1.38 bits per heavy atom. The van der Waals surface area contributed by atoms with E-state index in [1.165, 1.54) is 5.56 Å². The Bertz CT molecular complexity index is 328. The van der Waals surface area contributed by atoms with Gasteiger partial charge >= 0.3 is 0 Å². The van der Waals surface area contributed by atoms with Gasteiger partial charge in [0.1, 0.15) is 0 Å². The van der Waals surface area contributed by atoms with Crippen LogP contribution in [0.25, 0.3) is 0 Å². The molecule has 1 aliphatic rings. The van der Waals surface area contributed by atoms with Crippen molar-refractivity contribution in [2.75, 3.05) is 0 Å². The molecular weight excluding hydrogens is 184 g/mol. The molecule has 1 aliphatic carbocycles. The van der Waals surface area contributed by atoms with Crippen LogP contribution in [0.2, 0.25) is 0 Å². The Hall–Kier alpha value is -0.820. The van der Waals surface area contributed by atoms with Crippen molar-refractivity contribution < 1.29 is 4.79 Å². The molecular formula is C11H11ClO. The zero-order chi connectivity index (χ0) is 9.42. The maximum absolute atomic E-state index is 11.0. The maximum Gasteiger partial charge on any atom is 0.159 e. The fraction of sp³-hybridized carbons (Fsp3) is 0.364. The number of carbonyl (C=O) groups is 1. The summed E-state index contributed by atoms with van der Waals surface area (Å²) in [5.74, 6) is 0.632. The summed E-state index contributed by atoms with van der Waals surface area (Å²) in [6.45, 7) is 1.58. The molecule has 13 heavy (non-hydrogen) atoms. The third kappa shape index (κ3) is 1.75. The summed E-state index contributed by atoms with van der Waals surface area (Å²) >= 11 is 5.92. The van der Waals surface area contributed by atoms with Crippen LogP contribution in [0.4, 0.5) is 0 Å². The van der Waals surface area contributed by atoms with E-state index in [1.54, 1.807) is 6.92 Å². The van der Waals surface area contributed by atoms with Crippen molar-refractivity contribution >= 4 is 17.4 Å². The van der Waals surface area contributed by atoms with E-state index in [9.17, 15) is 4.79 Å². The lowest BCUT2D eigenvalue weighted by Gasteiger charge is -1.99. The van der Waals surface area contributed by atoms with Crippen LogP contribution in [0.3, 0.4) is 0 Å². The average molecular weight is 195 g/mol. The number of hydrogen-bond acceptors (Lipinski definition) is 1. The molecule has 0 radical (unpaired) electrons. The van der Waals surface area contributed by atoms with Crippen LogP contribution in [0, 0.1) is 0 Å². The summed E-state index contributed by atoms with van der Waals surface area (Å²) in [5.41, 5.74) is 2.03. The van der Waals surface area contributed by atoms with Crippen LogP contribution < -0.4 is 0 Å². The summed E-state index contributed by atoms with van der Waals surface area (Å²) in [6, 6.07) is 7.76. The second kappa shape index (κ2) is 3.15. The van der Waals surface area contributed by atoms with Crippen molar-refractivity contribution in [3.05, 3.63) is 35.4 Å². The predicted octanol–water partition coefficient (Wildman–Crippen LogP) is 2.98. The van der Waals surface area contributed by atoms with Gasteiger partial charge in [-0.25, -0.2) is 0 Å². The average Bonchev–Trinajstić information content (AvgIpc) is 2.83. The molecule has 0 amide bonds. The molecule has 2 heteroatoms. The van der Waals surface area contributed by atoms with Crippen molar-refractivity contribution in [1.29, 1.82) is 0 Å². The van der Waals surface area contributed by atoms with Gasteiger partial charge < -0.3 is 0 Å². The minimum Gasteiger partial charge on any atom is -0.295 e. The van der Waals surface area contributed by atoms with Gasteiger partial charge in [0, 0.05) is 16.9 Å². The number of benzene rings is 1. The highest BCUT2D eigenvalue weighted by molar-refractivity contribution is 6.23. The molecule has 1 aromatic carbocycles. The first-order valence-electron chi connectivity index (χ1n) is 4.43. The SMILES string of the molecule is CC(=O)c1ccc([C@H]2C[C@H]2Cl)cc1. The molecule has 0 saturated heterocycles. The Morgan fingerprint density at radius 3 is 2.31 bits per heavy atom. The standard InChI is InChI=1S/C11H11ClO/c1-7(13)8-2-4-9(5-3-8)10-6-11(10)12/h2-5,10-11H,6H2,1H3/t10-,11-/m1/s1. The first-order chi connectivity index (χ1) is 6.18. The van der Waals surface area contributed by atoms with E-state index >= 15 is 0 Å². The second-order valence-electron chi connectivity index (χ2n) is 3.54. The van der Waals surface area contributed by atoms with Crippen LogP contribution in [-0.4, -0.2) is 11.2 Å². The number of carbonyl (C=O) groups excluding carboxylic acids is 1. The van der Waals surface area contributed by atoms with E-state index in [1.807, 2.05) is 24.3 Å². The van der Waals surface area contributed by atoms with Gasteiger partial charge in [0.2, 0.25) is 0 Å². The summed E-state index contributed by atoms with van der Waals surface area (Å²) in [4.78, 5) is 11.0. The van der Waals surface area contributed by atoms with E-state index in [-0.39, 0.29) is 5.78 Å². The molecule has 0 spiro atoms. The predicted molar refractivity (Wildman–Crippen MR) is 53.4 cm³/mol. The molecule has 1 aromatic rings. The van der Waals surface area contributed by atoms with Crippen LogP contribution >= 0.6 is 11.6 Å². The number of ketones is 1. The van der Waals surface area contributed by atoms with Crippen molar-refractivity contribution in [3.8, 4) is 0 Å². The van der Waals surface area contributed by atoms with E-state index in [4.69, 9.17) is 11.6 Å². The first kappa shape index (κ1) is 8.76. The van der Waals surface area contributed by atoms with E-state index in [0.717, 1.165) is 12.0 Å².